The van der Waals surface area contributed by atoms with E-state index in [-0.39, 0.29) is 17.7 Å². The van der Waals surface area contributed by atoms with E-state index in [0.29, 0.717) is 19.5 Å². The van der Waals surface area contributed by atoms with Gasteiger partial charge in [-0.1, -0.05) is 0 Å². The number of methoxy groups -OCH3 is 1. The van der Waals surface area contributed by atoms with Crippen LogP contribution in [0.5, 0.6) is 5.75 Å². The third-order valence-corrected chi connectivity index (χ3v) is 6.30. The number of amides is 2. The molecule has 5 nitrogen and oxygen atoms in total. The van der Waals surface area contributed by atoms with Gasteiger partial charge in [-0.3, -0.25) is 9.59 Å². The topological polar surface area (TPSA) is 58.6 Å². The van der Waals surface area contributed by atoms with E-state index in [1.54, 1.807) is 18.4 Å². The van der Waals surface area contributed by atoms with E-state index in [0.717, 1.165) is 34.7 Å². The maximum absolute atomic E-state index is 12.7. The summed E-state index contributed by atoms with van der Waals surface area (Å²) >= 11 is 1.59. The van der Waals surface area contributed by atoms with Gasteiger partial charge in [0.05, 0.1) is 12.0 Å². The SMILES string of the molecule is CCN(CC)C(=O)c1cc2c(s1)CC[C@H](C(=O)Nc1ccc(OC)cc1)C2. The first-order valence-corrected chi connectivity index (χ1v) is 10.2. The van der Waals surface area contributed by atoms with Crippen LogP contribution < -0.4 is 10.1 Å². The van der Waals surface area contributed by atoms with E-state index in [4.69, 9.17) is 4.74 Å². The molecule has 0 radical (unpaired) electrons. The molecule has 1 aliphatic rings. The highest BCUT2D eigenvalue weighted by Gasteiger charge is 2.28. The molecular weight excluding hydrogens is 360 g/mol. The summed E-state index contributed by atoms with van der Waals surface area (Å²) in [5, 5.41) is 2.99. The van der Waals surface area contributed by atoms with Crippen molar-refractivity contribution in [3.05, 3.63) is 45.6 Å². The van der Waals surface area contributed by atoms with Gasteiger partial charge in [-0.15, -0.1) is 11.3 Å². The molecule has 1 aromatic heterocycles. The lowest BCUT2D eigenvalue weighted by atomic mass is 9.87. The van der Waals surface area contributed by atoms with Gasteiger partial charge in [0.25, 0.3) is 5.91 Å². The summed E-state index contributed by atoms with van der Waals surface area (Å²) in [6.07, 6.45) is 2.36. The third-order valence-electron chi connectivity index (χ3n) is 5.07. The van der Waals surface area contributed by atoms with Crippen LogP contribution in [0, 0.1) is 5.92 Å². The van der Waals surface area contributed by atoms with Crippen molar-refractivity contribution >= 4 is 28.8 Å². The summed E-state index contributed by atoms with van der Waals surface area (Å²) in [5.74, 6) is 0.830. The van der Waals surface area contributed by atoms with Gasteiger partial charge < -0.3 is 15.0 Å². The van der Waals surface area contributed by atoms with Gasteiger partial charge in [0.15, 0.2) is 0 Å². The highest BCUT2D eigenvalue weighted by molar-refractivity contribution is 7.14. The zero-order valence-corrected chi connectivity index (χ0v) is 16.9. The fraction of sp³-hybridized carbons (Fsp3) is 0.429. The second-order valence-electron chi connectivity index (χ2n) is 6.69. The molecule has 1 aromatic carbocycles. The Morgan fingerprint density at radius 3 is 2.56 bits per heavy atom. The molecule has 0 saturated carbocycles. The number of fused-ring (bicyclic) bond motifs is 1. The minimum Gasteiger partial charge on any atom is -0.497 e. The lowest BCUT2D eigenvalue weighted by molar-refractivity contribution is -0.120. The molecule has 0 bridgehead atoms. The Bertz CT molecular complexity index is 809. The number of aryl methyl sites for hydroxylation is 1. The summed E-state index contributed by atoms with van der Waals surface area (Å²) in [6.45, 7) is 5.42. The van der Waals surface area contributed by atoms with Crippen LogP contribution in [0.3, 0.4) is 0 Å². The summed E-state index contributed by atoms with van der Waals surface area (Å²) in [6, 6.07) is 9.34. The Labute approximate surface area is 164 Å². The van der Waals surface area contributed by atoms with Crippen molar-refractivity contribution in [1.82, 2.24) is 4.90 Å². The van der Waals surface area contributed by atoms with Crippen LogP contribution in [0.15, 0.2) is 30.3 Å². The predicted molar refractivity (Wildman–Crippen MR) is 109 cm³/mol. The highest BCUT2D eigenvalue weighted by atomic mass is 32.1. The van der Waals surface area contributed by atoms with Crippen LogP contribution in [-0.2, 0) is 17.6 Å². The number of benzene rings is 1. The molecule has 0 spiro atoms. The number of hydrogen-bond donors (Lipinski definition) is 1. The molecular formula is C21H26N2O3S. The predicted octanol–water partition coefficient (Wildman–Crippen LogP) is 3.98. The maximum Gasteiger partial charge on any atom is 0.263 e. The molecule has 27 heavy (non-hydrogen) atoms. The Kier molecular flexibility index (Phi) is 6.16. The smallest absolute Gasteiger partial charge is 0.263 e. The molecule has 1 N–H and O–H groups in total. The van der Waals surface area contributed by atoms with Gasteiger partial charge in [-0.05, 0) is 69.0 Å². The lowest BCUT2D eigenvalue weighted by Gasteiger charge is -2.21. The zero-order chi connectivity index (χ0) is 19.4. The summed E-state index contributed by atoms with van der Waals surface area (Å²) in [5.41, 5.74) is 1.92. The molecule has 144 valence electrons. The molecule has 3 rings (SSSR count). The van der Waals surface area contributed by atoms with Crippen molar-refractivity contribution in [2.45, 2.75) is 33.1 Å². The first-order valence-electron chi connectivity index (χ1n) is 9.41. The Morgan fingerprint density at radius 2 is 1.93 bits per heavy atom. The van der Waals surface area contributed by atoms with Crippen molar-refractivity contribution in [3.8, 4) is 5.75 Å². The molecule has 0 aliphatic heterocycles. The van der Waals surface area contributed by atoms with Gasteiger partial charge in [0, 0.05) is 29.6 Å². The molecule has 2 aromatic rings. The minimum atomic E-state index is -0.0643. The first kappa shape index (κ1) is 19.4. The summed E-state index contributed by atoms with van der Waals surface area (Å²) in [7, 11) is 1.62. The van der Waals surface area contributed by atoms with Gasteiger partial charge in [-0.2, -0.15) is 0 Å². The summed E-state index contributed by atoms with van der Waals surface area (Å²) in [4.78, 5) is 29.1. The molecule has 2 amide bonds. The number of ether oxygens (including phenoxy) is 1. The summed E-state index contributed by atoms with van der Waals surface area (Å²) < 4.78 is 5.14. The second-order valence-corrected chi connectivity index (χ2v) is 7.83. The van der Waals surface area contributed by atoms with E-state index >= 15 is 0 Å². The molecule has 1 aliphatic carbocycles. The molecule has 1 atom stereocenters. The fourth-order valence-electron chi connectivity index (χ4n) is 3.44. The maximum atomic E-state index is 12.7. The van der Waals surface area contributed by atoms with Crippen LogP contribution in [0.25, 0.3) is 0 Å². The van der Waals surface area contributed by atoms with Gasteiger partial charge >= 0.3 is 0 Å². The van der Waals surface area contributed by atoms with Gasteiger partial charge in [-0.25, -0.2) is 0 Å². The van der Waals surface area contributed by atoms with Crippen molar-refractivity contribution in [2.24, 2.45) is 5.92 Å². The normalized spacial score (nSPS) is 15.7. The van der Waals surface area contributed by atoms with Crippen LogP contribution >= 0.6 is 11.3 Å². The lowest BCUT2D eigenvalue weighted by Crippen LogP contribution is -2.29. The molecule has 0 saturated heterocycles. The van der Waals surface area contributed by atoms with Crippen molar-refractivity contribution in [2.75, 3.05) is 25.5 Å². The van der Waals surface area contributed by atoms with Crippen LogP contribution in [0.2, 0.25) is 0 Å². The fourth-order valence-corrected chi connectivity index (χ4v) is 4.61. The largest absolute Gasteiger partial charge is 0.497 e. The third kappa shape index (κ3) is 4.33. The first-order chi connectivity index (χ1) is 13.0. The average molecular weight is 387 g/mol. The highest BCUT2D eigenvalue weighted by Crippen LogP contribution is 2.33. The molecule has 0 unspecified atom stereocenters. The minimum absolute atomic E-state index is 0.0358. The van der Waals surface area contributed by atoms with Crippen molar-refractivity contribution in [3.63, 3.8) is 0 Å². The van der Waals surface area contributed by atoms with Crippen molar-refractivity contribution in [1.29, 1.82) is 0 Å². The Balaban J connectivity index is 1.66. The number of thiophene rings is 1. The zero-order valence-electron chi connectivity index (χ0n) is 16.1. The number of nitrogens with one attached hydrogen (secondary N) is 1. The number of anilines is 1. The molecule has 1 heterocycles. The molecule has 0 fully saturated rings. The van der Waals surface area contributed by atoms with E-state index in [1.807, 2.05) is 49.1 Å². The van der Waals surface area contributed by atoms with E-state index in [1.165, 1.54) is 4.88 Å². The Hall–Kier alpha value is -2.34. The van der Waals surface area contributed by atoms with Crippen LogP contribution in [0.1, 0.15) is 40.4 Å². The average Bonchev–Trinajstić information content (AvgIpc) is 3.12. The number of nitrogens with zero attached hydrogens (tertiary/aromatic N) is 1. The number of carbonyl (C=O) groups excluding carboxylic acids is 2. The second kappa shape index (κ2) is 8.57. The monoisotopic (exact) mass is 386 g/mol. The van der Waals surface area contributed by atoms with Gasteiger partial charge in [0.2, 0.25) is 5.91 Å². The van der Waals surface area contributed by atoms with Gasteiger partial charge in [0.1, 0.15) is 5.75 Å². The van der Waals surface area contributed by atoms with E-state index in [2.05, 4.69) is 5.32 Å². The van der Waals surface area contributed by atoms with E-state index < -0.39 is 0 Å². The van der Waals surface area contributed by atoms with E-state index in [9.17, 15) is 9.59 Å². The standard InChI is InChI=1S/C21H26N2O3S/c1-4-23(5-2)21(25)19-13-15-12-14(6-11-18(15)27-19)20(24)22-16-7-9-17(26-3)10-8-16/h7-10,13-14H,4-6,11-12H2,1-3H3,(H,22,24)/t14-/m0/s1. The number of hydrogen-bond acceptors (Lipinski definition) is 4. The quantitative estimate of drug-likeness (QED) is 0.817. The number of carbonyl (C=O) groups is 2. The number of rotatable bonds is 6. The molecule has 6 heteroatoms. The van der Waals surface area contributed by atoms with Crippen LogP contribution in [-0.4, -0.2) is 36.9 Å². The van der Waals surface area contributed by atoms with Crippen LogP contribution in [0.4, 0.5) is 5.69 Å². The Morgan fingerprint density at radius 1 is 1.22 bits per heavy atom. The van der Waals surface area contributed by atoms with Crippen molar-refractivity contribution < 1.29 is 14.3 Å².